The van der Waals surface area contributed by atoms with Crippen molar-refractivity contribution in [2.45, 2.75) is 29.7 Å². The minimum absolute atomic E-state index is 0.146. The van der Waals surface area contributed by atoms with Crippen molar-refractivity contribution in [1.29, 1.82) is 0 Å². The van der Waals surface area contributed by atoms with E-state index >= 15 is 0 Å². The Balaban J connectivity index is 1.70. The summed E-state index contributed by atoms with van der Waals surface area (Å²) in [5.41, 5.74) is 2.31. The molecule has 0 aliphatic heterocycles. The standard InChI is InChI=1S/C20H21N3OS/c1-25-19(11-12-19)20(24,13-23-15-21-14-22-23)18-9-7-17(8-10-18)16-5-3-2-4-6-16/h2-10,14-15,24H,11-13H2,1H3. The summed E-state index contributed by atoms with van der Waals surface area (Å²) in [6.45, 7) is 0.415. The van der Waals surface area contributed by atoms with Gasteiger partial charge in [0.25, 0.3) is 0 Å². The highest BCUT2D eigenvalue weighted by molar-refractivity contribution is 8.00. The van der Waals surface area contributed by atoms with Crippen LogP contribution >= 0.6 is 11.8 Å². The second kappa shape index (κ2) is 6.32. The fourth-order valence-electron chi connectivity index (χ4n) is 3.52. The number of aliphatic hydroxyl groups is 1. The lowest BCUT2D eigenvalue weighted by atomic mass is 9.87. The van der Waals surface area contributed by atoms with Gasteiger partial charge in [-0.25, -0.2) is 9.67 Å². The van der Waals surface area contributed by atoms with Crippen molar-refractivity contribution in [3.63, 3.8) is 0 Å². The Morgan fingerprint density at radius 3 is 2.32 bits per heavy atom. The van der Waals surface area contributed by atoms with Gasteiger partial charge in [0.15, 0.2) is 0 Å². The van der Waals surface area contributed by atoms with E-state index in [1.54, 1.807) is 22.8 Å². The molecule has 1 saturated carbocycles. The van der Waals surface area contributed by atoms with Crippen molar-refractivity contribution in [3.05, 3.63) is 72.8 Å². The van der Waals surface area contributed by atoms with Crippen molar-refractivity contribution in [1.82, 2.24) is 14.8 Å². The van der Waals surface area contributed by atoms with Crippen LogP contribution in [0.2, 0.25) is 0 Å². The van der Waals surface area contributed by atoms with Crippen LogP contribution in [-0.2, 0) is 12.1 Å². The largest absolute Gasteiger partial charge is 0.382 e. The first-order valence-corrected chi connectivity index (χ1v) is 9.65. The van der Waals surface area contributed by atoms with Gasteiger partial charge in [-0.1, -0.05) is 54.6 Å². The second-order valence-electron chi connectivity index (χ2n) is 6.60. The summed E-state index contributed by atoms with van der Waals surface area (Å²) in [5.74, 6) is 0. The van der Waals surface area contributed by atoms with Gasteiger partial charge in [-0.05, 0) is 35.8 Å². The van der Waals surface area contributed by atoms with Crippen molar-refractivity contribution >= 4 is 11.8 Å². The van der Waals surface area contributed by atoms with E-state index in [1.165, 1.54) is 11.9 Å². The third-order valence-electron chi connectivity index (χ3n) is 5.18. The smallest absolute Gasteiger partial charge is 0.137 e. The SMILES string of the molecule is CSC1(C(O)(Cn2cncn2)c2ccc(-c3ccccc3)cc2)CC1. The van der Waals surface area contributed by atoms with Gasteiger partial charge >= 0.3 is 0 Å². The third-order valence-corrected chi connectivity index (χ3v) is 6.70. The van der Waals surface area contributed by atoms with E-state index in [1.807, 2.05) is 18.2 Å². The molecular weight excluding hydrogens is 330 g/mol. The first-order valence-electron chi connectivity index (χ1n) is 8.43. The van der Waals surface area contributed by atoms with E-state index in [0.717, 1.165) is 24.0 Å². The van der Waals surface area contributed by atoms with Gasteiger partial charge in [-0.2, -0.15) is 16.9 Å². The number of benzene rings is 2. The van der Waals surface area contributed by atoms with E-state index < -0.39 is 5.60 Å². The highest BCUT2D eigenvalue weighted by atomic mass is 32.2. The molecule has 2 aromatic carbocycles. The Hall–Kier alpha value is -2.11. The van der Waals surface area contributed by atoms with Crippen LogP contribution in [0.25, 0.3) is 11.1 Å². The quantitative estimate of drug-likeness (QED) is 0.735. The van der Waals surface area contributed by atoms with Crippen LogP contribution in [-0.4, -0.2) is 30.9 Å². The molecule has 1 heterocycles. The maximum atomic E-state index is 11.7. The molecule has 1 atom stereocenters. The molecule has 3 aromatic rings. The molecule has 5 heteroatoms. The van der Waals surface area contributed by atoms with E-state index in [0.29, 0.717) is 6.54 Å². The fourth-order valence-corrected chi connectivity index (χ4v) is 4.55. The van der Waals surface area contributed by atoms with Crippen molar-refractivity contribution in [2.75, 3.05) is 6.26 Å². The average Bonchev–Trinajstić information content (AvgIpc) is 3.33. The highest BCUT2D eigenvalue weighted by Crippen LogP contribution is 2.59. The summed E-state index contributed by atoms with van der Waals surface area (Å²) in [6.07, 6.45) is 7.29. The number of rotatable bonds is 6. The zero-order valence-electron chi connectivity index (χ0n) is 14.2. The Labute approximate surface area is 151 Å². The Morgan fingerprint density at radius 1 is 1.08 bits per heavy atom. The van der Waals surface area contributed by atoms with Gasteiger partial charge in [0.1, 0.15) is 18.3 Å². The topological polar surface area (TPSA) is 50.9 Å². The second-order valence-corrected chi connectivity index (χ2v) is 7.78. The monoisotopic (exact) mass is 351 g/mol. The van der Waals surface area contributed by atoms with Gasteiger partial charge < -0.3 is 5.11 Å². The number of hydrogen-bond donors (Lipinski definition) is 1. The summed E-state index contributed by atoms with van der Waals surface area (Å²) < 4.78 is 1.58. The fraction of sp³-hybridized carbons (Fsp3) is 0.300. The third kappa shape index (κ3) is 2.87. The Kier molecular flexibility index (Phi) is 4.13. The van der Waals surface area contributed by atoms with Crippen LogP contribution in [0.15, 0.2) is 67.3 Å². The molecule has 0 bridgehead atoms. The van der Waals surface area contributed by atoms with Gasteiger partial charge in [0, 0.05) is 0 Å². The lowest BCUT2D eigenvalue weighted by molar-refractivity contribution is 0.00504. The first-order chi connectivity index (χ1) is 12.2. The zero-order chi connectivity index (χ0) is 17.3. The number of aromatic nitrogens is 3. The number of nitrogens with zero attached hydrogens (tertiary/aromatic N) is 3. The Morgan fingerprint density at radius 2 is 1.76 bits per heavy atom. The molecule has 0 amide bonds. The van der Waals surface area contributed by atoms with Crippen LogP contribution < -0.4 is 0 Å². The molecule has 1 N–H and O–H groups in total. The van der Waals surface area contributed by atoms with Crippen molar-refractivity contribution in [3.8, 4) is 11.1 Å². The molecule has 1 fully saturated rings. The number of thioether (sulfide) groups is 1. The molecule has 4 rings (SSSR count). The minimum Gasteiger partial charge on any atom is -0.382 e. The maximum Gasteiger partial charge on any atom is 0.137 e. The van der Waals surface area contributed by atoms with E-state index in [9.17, 15) is 5.11 Å². The van der Waals surface area contributed by atoms with E-state index in [4.69, 9.17) is 0 Å². The van der Waals surface area contributed by atoms with Crippen LogP contribution in [0.3, 0.4) is 0 Å². The van der Waals surface area contributed by atoms with Crippen LogP contribution in [0, 0.1) is 0 Å². The summed E-state index contributed by atoms with van der Waals surface area (Å²) in [7, 11) is 0. The van der Waals surface area contributed by atoms with Gasteiger partial charge in [0.05, 0.1) is 11.3 Å². The normalized spacial score (nSPS) is 17.8. The van der Waals surface area contributed by atoms with Crippen molar-refractivity contribution < 1.29 is 5.11 Å². The molecule has 1 aliphatic rings. The summed E-state index contributed by atoms with van der Waals surface area (Å²) in [4.78, 5) is 4.02. The van der Waals surface area contributed by atoms with E-state index in [2.05, 4.69) is 52.7 Å². The molecular formula is C20H21N3OS. The summed E-state index contributed by atoms with van der Waals surface area (Å²) >= 11 is 1.75. The molecule has 0 radical (unpaired) electrons. The zero-order valence-corrected chi connectivity index (χ0v) is 15.0. The molecule has 4 nitrogen and oxygen atoms in total. The molecule has 1 unspecified atom stereocenters. The minimum atomic E-state index is -0.963. The number of hydrogen-bond acceptors (Lipinski definition) is 4. The lowest BCUT2D eigenvalue weighted by Crippen LogP contribution is -2.43. The van der Waals surface area contributed by atoms with Gasteiger partial charge in [0.2, 0.25) is 0 Å². The predicted molar refractivity (Wildman–Crippen MR) is 101 cm³/mol. The van der Waals surface area contributed by atoms with Crippen molar-refractivity contribution in [2.24, 2.45) is 0 Å². The molecule has 0 spiro atoms. The predicted octanol–water partition coefficient (Wildman–Crippen LogP) is 3.73. The van der Waals surface area contributed by atoms with Crippen LogP contribution in [0.4, 0.5) is 0 Å². The molecule has 1 aromatic heterocycles. The molecule has 0 saturated heterocycles. The lowest BCUT2D eigenvalue weighted by Gasteiger charge is -2.36. The van der Waals surface area contributed by atoms with Crippen LogP contribution in [0.1, 0.15) is 18.4 Å². The Bertz CT molecular complexity index is 829. The van der Waals surface area contributed by atoms with Gasteiger partial charge in [-0.15, -0.1) is 0 Å². The average molecular weight is 351 g/mol. The van der Waals surface area contributed by atoms with Crippen LogP contribution in [0.5, 0.6) is 0 Å². The van der Waals surface area contributed by atoms with E-state index in [-0.39, 0.29) is 4.75 Å². The first kappa shape index (κ1) is 16.4. The van der Waals surface area contributed by atoms with Gasteiger partial charge in [-0.3, -0.25) is 0 Å². The molecule has 128 valence electrons. The molecule has 1 aliphatic carbocycles. The summed E-state index contributed by atoms with van der Waals surface area (Å²) in [6, 6.07) is 18.6. The molecule has 25 heavy (non-hydrogen) atoms. The maximum absolute atomic E-state index is 11.7. The summed E-state index contributed by atoms with van der Waals surface area (Å²) in [5, 5.41) is 15.9. The highest BCUT2D eigenvalue weighted by Gasteiger charge is 2.59.